The number of aliphatic hydroxyl groups is 1. The Balaban J connectivity index is 2.10. The number of likely N-dealkylation sites (tertiary alicyclic amines) is 1. The van der Waals surface area contributed by atoms with Crippen molar-refractivity contribution in [2.24, 2.45) is 11.5 Å². The molecule has 4 amide bonds. The number of aliphatic hydroxyl groups excluding tert-OH is 1. The van der Waals surface area contributed by atoms with Crippen molar-refractivity contribution in [2.45, 2.75) is 56.3 Å². The van der Waals surface area contributed by atoms with Crippen molar-refractivity contribution in [3.05, 3.63) is 18.2 Å². The predicted octanol–water partition coefficient (Wildman–Crippen LogP) is -3.42. The van der Waals surface area contributed by atoms with Gasteiger partial charge in [-0.05, 0) is 19.3 Å². The Kier molecular flexibility index (Phi) is 9.30. The molecule has 1 aromatic rings. The summed E-state index contributed by atoms with van der Waals surface area (Å²) in [5, 5.41) is 22.9. The average Bonchev–Trinajstić information content (AvgIpc) is 3.45. The number of imidazole rings is 1. The standard InChI is InChI=1S/C19H29N7O7/c20-11(6-10-7-22-9-23-10)16(29)24-12(3-4-15(21)28)18(31)26-5-1-2-14(26)17(30)25-13(8-27)19(32)33/h7,9,11-14,27H,1-6,8,20H2,(H2,21,28)(H,22,23)(H,24,29)(H,25,30)(H,32,33). The molecule has 0 saturated carbocycles. The average molecular weight is 467 g/mol. The SMILES string of the molecule is NC(=O)CCC(NC(=O)C(N)Cc1cnc[nH]1)C(=O)N1CCCC1C(=O)NC(CO)C(=O)O. The van der Waals surface area contributed by atoms with Crippen LogP contribution in [-0.4, -0.2) is 92.0 Å². The normalized spacial score (nSPS) is 18.2. The zero-order valence-electron chi connectivity index (χ0n) is 17.9. The lowest BCUT2D eigenvalue weighted by Crippen LogP contribution is -2.57. The summed E-state index contributed by atoms with van der Waals surface area (Å²) in [4.78, 5) is 68.6. The van der Waals surface area contributed by atoms with E-state index in [1.165, 1.54) is 17.4 Å². The molecule has 1 fully saturated rings. The Morgan fingerprint density at radius 3 is 2.55 bits per heavy atom. The van der Waals surface area contributed by atoms with E-state index in [1.54, 1.807) is 0 Å². The number of carbonyl (C=O) groups is 5. The second-order valence-corrected chi connectivity index (χ2v) is 7.73. The van der Waals surface area contributed by atoms with E-state index >= 15 is 0 Å². The molecule has 9 N–H and O–H groups in total. The number of nitrogens with zero attached hydrogens (tertiary/aromatic N) is 2. The van der Waals surface area contributed by atoms with Gasteiger partial charge in [0.2, 0.25) is 23.6 Å². The number of aromatic amines is 1. The molecule has 4 atom stereocenters. The van der Waals surface area contributed by atoms with E-state index in [4.69, 9.17) is 21.7 Å². The summed E-state index contributed by atoms with van der Waals surface area (Å²) in [6.45, 7) is -0.621. The van der Waals surface area contributed by atoms with Gasteiger partial charge in [-0.2, -0.15) is 0 Å². The first kappa shape index (κ1) is 25.7. The maximum absolute atomic E-state index is 13.2. The van der Waals surface area contributed by atoms with Crippen LogP contribution in [-0.2, 0) is 30.4 Å². The van der Waals surface area contributed by atoms with Gasteiger partial charge in [0.25, 0.3) is 0 Å². The lowest BCUT2D eigenvalue weighted by atomic mass is 10.1. The van der Waals surface area contributed by atoms with Gasteiger partial charge in [-0.3, -0.25) is 19.2 Å². The molecule has 33 heavy (non-hydrogen) atoms. The van der Waals surface area contributed by atoms with E-state index in [9.17, 15) is 24.0 Å². The van der Waals surface area contributed by atoms with Crippen molar-refractivity contribution >= 4 is 29.6 Å². The maximum atomic E-state index is 13.2. The number of hydrogen-bond donors (Lipinski definition) is 7. The monoisotopic (exact) mass is 467 g/mol. The topological polar surface area (TPSA) is 234 Å². The number of rotatable bonds is 12. The Labute approximate surface area is 189 Å². The fourth-order valence-electron chi connectivity index (χ4n) is 3.51. The largest absolute Gasteiger partial charge is 0.480 e. The molecule has 0 aromatic carbocycles. The van der Waals surface area contributed by atoms with Crippen LogP contribution in [0.3, 0.4) is 0 Å². The number of H-pyrrole nitrogens is 1. The van der Waals surface area contributed by atoms with E-state index in [1.807, 2.05) is 0 Å². The molecule has 0 bridgehead atoms. The molecule has 1 saturated heterocycles. The Morgan fingerprint density at radius 1 is 1.24 bits per heavy atom. The van der Waals surface area contributed by atoms with Gasteiger partial charge in [0.05, 0.1) is 19.0 Å². The fraction of sp³-hybridized carbons (Fsp3) is 0.579. The van der Waals surface area contributed by atoms with Crippen molar-refractivity contribution < 1.29 is 34.2 Å². The van der Waals surface area contributed by atoms with Gasteiger partial charge in [0, 0.05) is 31.3 Å². The van der Waals surface area contributed by atoms with Crippen LogP contribution in [0, 0.1) is 0 Å². The third kappa shape index (κ3) is 7.25. The molecule has 2 heterocycles. The molecule has 1 aromatic heterocycles. The number of nitrogens with two attached hydrogens (primary N) is 2. The molecular weight excluding hydrogens is 438 g/mol. The number of primary amides is 1. The first-order valence-electron chi connectivity index (χ1n) is 10.4. The van der Waals surface area contributed by atoms with Crippen molar-refractivity contribution in [1.82, 2.24) is 25.5 Å². The number of carboxylic acid groups (broad SMARTS) is 1. The minimum absolute atomic E-state index is 0.101. The summed E-state index contributed by atoms with van der Waals surface area (Å²) in [6, 6.07) is -4.68. The van der Waals surface area contributed by atoms with E-state index < -0.39 is 60.4 Å². The van der Waals surface area contributed by atoms with E-state index in [-0.39, 0.29) is 32.2 Å². The van der Waals surface area contributed by atoms with Crippen LogP contribution < -0.4 is 22.1 Å². The third-order valence-electron chi connectivity index (χ3n) is 5.26. The van der Waals surface area contributed by atoms with Gasteiger partial charge >= 0.3 is 5.97 Å². The number of carboxylic acids is 1. The minimum atomic E-state index is -1.51. The minimum Gasteiger partial charge on any atom is -0.480 e. The zero-order chi connectivity index (χ0) is 24.5. The van der Waals surface area contributed by atoms with Gasteiger partial charge in [-0.25, -0.2) is 9.78 Å². The second-order valence-electron chi connectivity index (χ2n) is 7.73. The Morgan fingerprint density at radius 2 is 1.97 bits per heavy atom. The first-order chi connectivity index (χ1) is 15.6. The van der Waals surface area contributed by atoms with Gasteiger partial charge < -0.3 is 42.2 Å². The van der Waals surface area contributed by atoms with Crippen LogP contribution in [0.15, 0.2) is 12.5 Å². The predicted molar refractivity (Wildman–Crippen MR) is 112 cm³/mol. The number of hydrogen-bond acceptors (Lipinski definition) is 8. The highest BCUT2D eigenvalue weighted by Crippen LogP contribution is 2.20. The fourth-order valence-corrected chi connectivity index (χ4v) is 3.51. The number of aromatic nitrogens is 2. The molecule has 4 unspecified atom stereocenters. The summed E-state index contributed by atoms with van der Waals surface area (Å²) >= 11 is 0. The highest BCUT2D eigenvalue weighted by molar-refractivity contribution is 5.94. The van der Waals surface area contributed by atoms with Crippen molar-refractivity contribution in [2.75, 3.05) is 13.2 Å². The summed E-state index contributed by atoms with van der Waals surface area (Å²) < 4.78 is 0. The molecule has 0 spiro atoms. The first-order valence-corrected chi connectivity index (χ1v) is 10.4. The molecule has 1 aliphatic rings. The van der Waals surface area contributed by atoms with E-state index in [0.29, 0.717) is 12.1 Å². The molecule has 0 radical (unpaired) electrons. The smallest absolute Gasteiger partial charge is 0.328 e. The molecule has 182 valence electrons. The van der Waals surface area contributed by atoms with E-state index in [0.717, 1.165) is 0 Å². The van der Waals surface area contributed by atoms with Crippen molar-refractivity contribution in [1.29, 1.82) is 0 Å². The highest BCUT2D eigenvalue weighted by atomic mass is 16.4. The number of nitrogens with one attached hydrogen (secondary N) is 3. The molecular formula is C19H29N7O7. The third-order valence-corrected chi connectivity index (χ3v) is 5.26. The van der Waals surface area contributed by atoms with Crippen LogP contribution in [0.25, 0.3) is 0 Å². The number of aliphatic carboxylic acids is 1. The maximum Gasteiger partial charge on any atom is 0.328 e. The van der Waals surface area contributed by atoms with Crippen LogP contribution in [0.2, 0.25) is 0 Å². The van der Waals surface area contributed by atoms with Gasteiger partial charge in [-0.15, -0.1) is 0 Å². The van der Waals surface area contributed by atoms with Crippen LogP contribution in [0.4, 0.5) is 0 Å². The summed E-state index contributed by atoms with van der Waals surface area (Å²) in [6.07, 6.45) is 3.52. The van der Waals surface area contributed by atoms with Gasteiger partial charge in [-0.1, -0.05) is 0 Å². The molecule has 2 rings (SSSR count). The van der Waals surface area contributed by atoms with Crippen LogP contribution >= 0.6 is 0 Å². The number of amides is 4. The zero-order valence-corrected chi connectivity index (χ0v) is 17.9. The summed E-state index contributed by atoms with van der Waals surface area (Å²) in [5.74, 6) is -4.09. The van der Waals surface area contributed by atoms with Crippen molar-refractivity contribution in [3.8, 4) is 0 Å². The van der Waals surface area contributed by atoms with Crippen LogP contribution in [0.1, 0.15) is 31.4 Å². The van der Waals surface area contributed by atoms with Crippen LogP contribution in [0.5, 0.6) is 0 Å². The lowest BCUT2D eigenvalue weighted by Gasteiger charge is -2.29. The quantitative estimate of drug-likeness (QED) is 0.162. The van der Waals surface area contributed by atoms with Gasteiger partial charge in [0.1, 0.15) is 18.1 Å². The molecule has 0 aliphatic carbocycles. The molecule has 14 nitrogen and oxygen atoms in total. The molecule has 1 aliphatic heterocycles. The Hall–Kier alpha value is -3.52. The van der Waals surface area contributed by atoms with Crippen molar-refractivity contribution in [3.63, 3.8) is 0 Å². The molecule has 14 heteroatoms. The highest BCUT2D eigenvalue weighted by Gasteiger charge is 2.39. The second kappa shape index (κ2) is 11.9. The lowest BCUT2D eigenvalue weighted by molar-refractivity contribution is -0.145. The Bertz CT molecular complexity index is 861. The van der Waals surface area contributed by atoms with Gasteiger partial charge in [0.15, 0.2) is 0 Å². The summed E-state index contributed by atoms with van der Waals surface area (Å²) in [7, 11) is 0. The number of carbonyl (C=O) groups excluding carboxylic acids is 4. The van der Waals surface area contributed by atoms with E-state index in [2.05, 4.69) is 20.6 Å². The summed E-state index contributed by atoms with van der Waals surface area (Å²) in [5.41, 5.74) is 11.7.